The first-order valence-corrected chi connectivity index (χ1v) is 9.38. The van der Waals surface area contributed by atoms with E-state index in [0.717, 1.165) is 30.5 Å². The van der Waals surface area contributed by atoms with Gasteiger partial charge in [-0.1, -0.05) is 63.1 Å². The van der Waals surface area contributed by atoms with E-state index in [1.165, 1.54) is 18.6 Å². The van der Waals surface area contributed by atoms with E-state index in [-0.39, 0.29) is 5.82 Å². The number of allylic oxidation sites excluding steroid dienone is 5. The summed E-state index contributed by atoms with van der Waals surface area (Å²) < 4.78 is 0. The van der Waals surface area contributed by atoms with Crippen molar-refractivity contribution in [3.05, 3.63) is 58.5 Å². The molecule has 0 spiro atoms. The zero-order chi connectivity index (χ0) is 19.5. The van der Waals surface area contributed by atoms with Crippen molar-refractivity contribution >= 4 is 13.6 Å². The van der Waals surface area contributed by atoms with E-state index >= 15 is 0 Å². The molecule has 1 radical (unpaired) electrons. The monoisotopic (exact) mass is 349 g/mol. The Labute approximate surface area is 159 Å². The minimum atomic E-state index is 0.246. The van der Waals surface area contributed by atoms with Gasteiger partial charge in [-0.3, -0.25) is 0 Å². The van der Waals surface area contributed by atoms with Crippen molar-refractivity contribution in [1.29, 1.82) is 5.26 Å². The van der Waals surface area contributed by atoms with E-state index in [1.54, 1.807) is 6.07 Å². The first kappa shape index (κ1) is 21.9. The molecule has 4 heteroatoms. The van der Waals surface area contributed by atoms with Gasteiger partial charge in [-0.05, 0) is 55.6 Å². The summed E-state index contributed by atoms with van der Waals surface area (Å²) in [5.74, 6) is 0.771. The first-order chi connectivity index (χ1) is 12.4. The Hall–Kier alpha value is -2.12. The third kappa shape index (κ3) is 7.02. The number of nitrogens with zero attached hydrogens (tertiary/aromatic N) is 2. The minimum Gasteiger partial charge on any atom is -0.454 e. The van der Waals surface area contributed by atoms with Crippen molar-refractivity contribution in [2.75, 3.05) is 0 Å². The average molecular weight is 349 g/mol. The van der Waals surface area contributed by atoms with Gasteiger partial charge in [-0.15, -0.1) is 0 Å². The number of aryl methyl sites for hydroxylation is 1. The summed E-state index contributed by atoms with van der Waals surface area (Å²) in [6.45, 7) is 10.7. The Kier molecular flexibility index (Phi) is 9.69. The fraction of sp³-hybridized carbons (Fsp3) is 0.455. The Morgan fingerprint density at radius 3 is 2.62 bits per heavy atom. The maximum atomic E-state index is 8.82. The molecule has 0 saturated carbocycles. The van der Waals surface area contributed by atoms with Gasteiger partial charge in [-0.25, -0.2) is 4.98 Å². The molecule has 1 unspecified atom stereocenters. The smallest absolute Gasteiger partial charge is 0.295 e. The van der Waals surface area contributed by atoms with Crippen LogP contribution in [0.2, 0.25) is 5.82 Å². The molecule has 0 aromatic carbocycles. The van der Waals surface area contributed by atoms with E-state index in [9.17, 15) is 0 Å². The van der Waals surface area contributed by atoms with Gasteiger partial charge < -0.3 is 5.02 Å². The number of hydrogen-bond acceptors (Lipinski definition) is 3. The highest BCUT2D eigenvalue weighted by molar-refractivity contribution is 6.28. The highest BCUT2D eigenvalue weighted by Gasteiger charge is 2.07. The van der Waals surface area contributed by atoms with Crippen LogP contribution in [0.5, 0.6) is 0 Å². The Morgan fingerprint density at radius 2 is 2.15 bits per heavy atom. The van der Waals surface area contributed by atoms with Gasteiger partial charge in [0.2, 0.25) is 0 Å². The number of nitriles is 1. The van der Waals surface area contributed by atoms with Crippen LogP contribution in [-0.4, -0.2) is 17.5 Å². The number of pyridine rings is 1. The van der Waals surface area contributed by atoms with Crippen molar-refractivity contribution in [1.82, 2.24) is 4.98 Å². The van der Waals surface area contributed by atoms with Crippen molar-refractivity contribution in [3.63, 3.8) is 0 Å². The molecule has 0 amide bonds. The summed E-state index contributed by atoms with van der Waals surface area (Å²) >= 11 is 0. The van der Waals surface area contributed by atoms with Crippen molar-refractivity contribution in [2.45, 2.75) is 59.7 Å². The van der Waals surface area contributed by atoms with E-state index < -0.39 is 0 Å². The molecule has 1 aliphatic carbocycles. The van der Waals surface area contributed by atoms with Crippen LogP contribution in [0.3, 0.4) is 0 Å². The average Bonchev–Trinajstić information content (AvgIpc) is 2.67. The van der Waals surface area contributed by atoms with Gasteiger partial charge >= 0.3 is 0 Å². The van der Waals surface area contributed by atoms with Crippen LogP contribution in [0, 0.1) is 24.2 Å². The van der Waals surface area contributed by atoms with E-state index in [1.807, 2.05) is 19.1 Å². The highest BCUT2D eigenvalue weighted by Crippen LogP contribution is 2.21. The third-order valence-electron chi connectivity index (χ3n) is 4.53. The van der Waals surface area contributed by atoms with Crippen molar-refractivity contribution in [3.8, 4) is 6.07 Å². The second-order valence-electron chi connectivity index (χ2n) is 6.78. The molecular weight excluding hydrogens is 319 g/mol. The molecule has 0 fully saturated rings. The SMILES string of the molecule is CC/C(=C\c1nc(C#N)ccc1C)C(C)C.CCC1=CCC([B]O)C=C1. The second-order valence-corrected chi connectivity index (χ2v) is 6.78. The Balaban J connectivity index is 0.000000289. The highest BCUT2D eigenvalue weighted by atomic mass is 16.2. The lowest BCUT2D eigenvalue weighted by atomic mass is 9.75. The maximum absolute atomic E-state index is 8.82. The van der Waals surface area contributed by atoms with Crippen LogP contribution in [0.4, 0.5) is 0 Å². The van der Waals surface area contributed by atoms with Gasteiger partial charge in [0.1, 0.15) is 11.8 Å². The molecule has 1 aromatic rings. The van der Waals surface area contributed by atoms with Crippen LogP contribution in [-0.2, 0) is 0 Å². The molecule has 1 atom stereocenters. The Morgan fingerprint density at radius 1 is 1.42 bits per heavy atom. The molecule has 0 aliphatic heterocycles. The van der Waals surface area contributed by atoms with E-state index in [0.29, 0.717) is 11.6 Å². The molecule has 1 aliphatic rings. The first-order valence-electron chi connectivity index (χ1n) is 9.38. The molecule has 26 heavy (non-hydrogen) atoms. The molecule has 1 heterocycles. The van der Waals surface area contributed by atoms with Crippen molar-refractivity contribution < 1.29 is 5.02 Å². The fourth-order valence-electron chi connectivity index (χ4n) is 2.66. The second kappa shape index (κ2) is 11.5. The lowest BCUT2D eigenvalue weighted by Crippen LogP contribution is -2.01. The van der Waals surface area contributed by atoms with Gasteiger partial charge in [0.15, 0.2) is 0 Å². The molecular formula is C22H30BN2O. The van der Waals surface area contributed by atoms with Gasteiger partial charge in [0.05, 0.1) is 5.69 Å². The number of aromatic nitrogens is 1. The molecule has 3 nitrogen and oxygen atoms in total. The predicted octanol–water partition coefficient (Wildman–Crippen LogP) is 5.39. The summed E-state index contributed by atoms with van der Waals surface area (Å²) in [5, 5.41) is 17.5. The largest absolute Gasteiger partial charge is 0.454 e. The summed E-state index contributed by atoms with van der Waals surface area (Å²) in [6.07, 6.45) is 11.5. The number of hydrogen-bond donors (Lipinski definition) is 1. The quantitative estimate of drug-likeness (QED) is 0.725. The van der Waals surface area contributed by atoms with Gasteiger partial charge in [-0.2, -0.15) is 5.26 Å². The predicted molar refractivity (Wildman–Crippen MR) is 111 cm³/mol. The van der Waals surface area contributed by atoms with Crippen LogP contribution in [0.1, 0.15) is 63.9 Å². The summed E-state index contributed by atoms with van der Waals surface area (Å²) in [7, 11) is 1.25. The summed E-state index contributed by atoms with van der Waals surface area (Å²) in [4.78, 5) is 4.32. The normalized spacial score (nSPS) is 16.5. The summed E-state index contributed by atoms with van der Waals surface area (Å²) in [5.41, 5.74) is 5.26. The molecule has 0 bridgehead atoms. The summed E-state index contributed by atoms with van der Waals surface area (Å²) in [6, 6.07) is 5.78. The standard InChI is InChI=1S/C14H18N2.C8H12BO/c1-5-12(10(2)3)8-14-11(4)6-7-13(9-15)16-14;1-2-7-3-5-8(9-10)6-4-7/h6-8,10H,5H2,1-4H3;3-5,8,10H,2,6H2,1H3/b12-8+;. The number of rotatable bonds is 5. The lowest BCUT2D eigenvalue weighted by Gasteiger charge is -2.10. The molecule has 1 aromatic heterocycles. The van der Waals surface area contributed by atoms with Crippen LogP contribution in [0.25, 0.3) is 6.08 Å². The van der Waals surface area contributed by atoms with Crippen LogP contribution >= 0.6 is 0 Å². The van der Waals surface area contributed by atoms with Gasteiger partial charge in [0.25, 0.3) is 7.48 Å². The fourth-order valence-corrected chi connectivity index (χ4v) is 2.66. The zero-order valence-electron chi connectivity index (χ0n) is 16.7. The lowest BCUT2D eigenvalue weighted by molar-refractivity contribution is 0.588. The molecule has 1 N–H and O–H groups in total. The van der Waals surface area contributed by atoms with Crippen LogP contribution < -0.4 is 0 Å². The van der Waals surface area contributed by atoms with Crippen molar-refractivity contribution in [2.24, 2.45) is 5.92 Å². The minimum absolute atomic E-state index is 0.246. The topological polar surface area (TPSA) is 56.9 Å². The van der Waals surface area contributed by atoms with Crippen LogP contribution in [0.15, 0.2) is 41.5 Å². The van der Waals surface area contributed by atoms with Gasteiger partial charge in [0, 0.05) is 0 Å². The molecule has 0 saturated heterocycles. The Bertz CT molecular complexity index is 711. The molecule has 2 rings (SSSR count). The van der Waals surface area contributed by atoms with E-state index in [2.05, 4.69) is 57.0 Å². The third-order valence-corrected chi connectivity index (χ3v) is 4.53. The van der Waals surface area contributed by atoms with E-state index in [4.69, 9.17) is 10.3 Å². The zero-order valence-corrected chi connectivity index (χ0v) is 16.7. The maximum Gasteiger partial charge on any atom is 0.295 e. The molecule has 137 valence electrons.